The van der Waals surface area contributed by atoms with Crippen LogP contribution in [0.3, 0.4) is 0 Å². The molecule has 1 aromatic heterocycles. The molecule has 0 aromatic carbocycles. The van der Waals surface area contributed by atoms with Gasteiger partial charge in [-0.25, -0.2) is 0 Å². The molecule has 1 atom stereocenters. The zero-order chi connectivity index (χ0) is 16.1. The van der Waals surface area contributed by atoms with Gasteiger partial charge in [-0.2, -0.15) is 11.3 Å². The number of likely N-dealkylation sites (tertiary alicyclic amines) is 1. The van der Waals surface area contributed by atoms with Crippen LogP contribution in [0.5, 0.6) is 0 Å². The van der Waals surface area contributed by atoms with E-state index in [1.165, 1.54) is 18.4 Å². The summed E-state index contributed by atoms with van der Waals surface area (Å²) in [5.74, 6) is -0.987. The highest BCUT2D eigenvalue weighted by molar-refractivity contribution is 7.07. The molecule has 2 amide bonds. The van der Waals surface area contributed by atoms with Crippen molar-refractivity contribution in [3.05, 3.63) is 22.4 Å². The molecule has 2 aliphatic rings. The molecule has 0 unspecified atom stereocenters. The van der Waals surface area contributed by atoms with Crippen LogP contribution < -0.4 is 10.6 Å². The number of hydrogen-bond donors (Lipinski definition) is 2. The molecule has 0 bridgehead atoms. The summed E-state index contributed by atoms with van der Waals surface area (Å²) in [6.07, 6.45) is 6.67. The fourth-order valence-corrected chi connectivity index (χ4v) is 4.27. The second kappa shape index (κ2) is 7.93. The summed E-state index contributed by atoms with van der Waals surface area (Å²) >= 11 is 1.67. The van der Waals surface area contributed by atoms with Crippen molar-refractivity contribution in [2.45, 2.75) is 50.6 Å². The number of carbonyl (C=O) groups is 2. The molecule has 0 radical (unpaired) electrons. The minimum atomic E-state index is -0.503. The lowest BCUT2D eigenvalue weighted by Crippen LogP contribution is -2.46. The summed E-state index contributed by atoms with van der Waals surface area (Å²) < 4.78 is 0. The molecule has 126 valence electrons. The van der Waals surface area contributed by atoms with Crippen LogP contribution >= 0.6 is 11.3 Å². The smallest absolute Gasteiger partial charge is 0.309 e. The van der Waals surface area contributed by atoms with E-state index in [0.29, 0.717) is 6.54 Å². The quantitative estimate of drug-likeness (QED) is 0.810. The predicted molar refractivity (Wildman–Crippen MR) is 91.3 cm³/mol. The fraction of sp³-hybridized carbons (Fsp3) is 0.647. The Hall–Kier alpha value is -1.40. The standard InChI is InChI=1S/C17H25N3O2S/c21-16(17(22)19-14-5-1-2-6-14)18-11-15(13-7-10-23-12-13)20-8-3-4-9-20/h7,10,12,14-15H,1-6,8-9,11H2,(H,18,21)(H,19,22)/t15-/m0/s1. The first kappa shape index (κ1) is 16.5. The van der Waals surface area contributed by atoms with Crippen molar-refractivity contribution in [2.75, 3.05) is 19.6 Å². The van der Waals surface area contributed by atoms with Gasteiger partial charge in [0.15, 0.2) is 0 Å². The van der Waals surface area contributed by atoms with E-state index in [9.17, 15) is 9.59 Å². The number of nitrogens with one attached hydrogen (secondary N) is 2. The lowest BCUT2D eigenvalue weighted by molar-refractivity contribution is -0.139. The maximum Gasteiger partial charge on any atom is 0.309 e. The zero-order valence-electron chi connectivity index (χ0n) is 13.4. The lowest BCUT2D eigenvalue weighted by Gasteiger charge is -2.27. The Labute approximate surface area is 141 Å². The van der Waals surface area contributed by atoms with E-state index in [2.05, 4.69) is 32.4 Å². The Kier molecular flexibility index (Phi) is 5.67. The van der Waals surface area contributed by atoms with Crippen molar-refractivity contribution in [2.24, 2.45) is 0 Å². The van der Waals surface area contributed by atoms with Crippen LogP contribution in [0.15, 0.2) is 16.8 Å². The third kappa shape index (κ3) is 4.32. The van der Waals surface area contributed by atoms with Crippen LogP contribution in [0.1, 0.15) is 50.1 Å². The molecule has 2 heterocycles. The number of hydrogen-bond acceptors (Lipinski definition) is 4. The van der Waals surface area contributed by atoms with Gasteiger partial charge in [0, 0.05) is 12.6 Å². The molecule has 1 aliphatic heterocycles. The number of thiophene rings is 1. The van der Waals surface area contributed by atoms with E-state index in [1.807, 2.05) is 0 Å². The molecule has 5 nitrogen and oxygen atoms in total. The minimum absolute atomic E-state index is 0.173. The van der Waals surface area contributed by atoms with E-state index in [0.717, 1.165) is 38.8 Å². The van der Waals surface area contributed by atoms with Crippen LogP contribution in [0.4, 0.5) is 0 Å². The number of rotatable bonds is 5. The van der Waals surface area contributed by atoms with Gasteiger partial charge < -0.3 is 10.6 Å². The summed E-state index contributed by atoms with van der Waals surface area (Å²) in [5.41, 5.74) is 1.23. The average Bonchev–Trinajstić information content (AvgIpc) is 3.31. The van der Waals surface area contributed by atoms with Crippen LogP contribution in [0, 0.1) is 0 Å². The molecule has 1 saturated carbocycles. The van der Waals surface area contributed by atoms with E-state index in [1.54, 1.807) is 11.3 Å². The van der Waals surface area contributed by atoms with Gasteiger partial charge in [-0.3, -0.25) is 14.5 Å². The van der Waals surface area contributed by atoms with Gasteiger partial charge in [-0.15, -0.1) is 0 Å². The molecule has 1 aliphatic carbocycles. The third-order valence-corrected chi connectivity index (χ3v) is 5.56. The van der Waals surface area contributed by atoms with E-state index >= 15 is 0 Å². The molecule has 2 N–H and O–H groups in total. The van der Waals surface area contributed by atoms with Crippen molar-refractivity contribution in [1.29, 1.82) is 0 Å². The summed E-state index contributed by atoms with van der Waals surface area (Å²) in [4.78, 5) is 26.5. The predicted octanol–water partition coefficient (Wildman–Crippen LogP) is 2.06. The summed E-state index contributed by atoms with van der Waals surface area (Å²) in [7, 11) is 0. The van der Waals surface area contributed by atoms with Gasteiger partial charge in [0.25, 0.3) is 0 Å². The summed E-state index contributed by atoms with van der Waals surface area (Å²) in [6, 6.07) is 2.46. The van der Waals surface area contributed by atoms with Crippen molar-refractivity contribution in [3.63, 3.8) is 0 Å². The monoisotopic (exact) mass is 335 g/mol. The molecule has 1 saturated heterocycles. The third-order valence-electron chi connectivity index (χ3n) is 4.86. The maximum absolute atomic E-state index is 12.1. The highest BCUT2D eigenvalue weighted by Gasteiger charge is 2.26. The van der Waals surface area contributed by atoms with Gasteiger partial charge in [0.1, 0.15) is 0 Å². The van der Waals surface area contributed by atoms with Crippen LogP contribution in [0.25, 0.3) is 0 Å². The summed E-state index contributed by atoms with van der Waals surface area (Å²) in [6.45, 7) is 2.61. The van der Waals surface area contributed by atoms with E-state index in [4.69, 9.17) is 0 Å². The van der Waals surface area contributed by atoms with Crippen LogP contribution in [-0.2, 0) is 9.59 Å². The van der Waals surface area contributed by atoms with Gasteiger partial charge >= 0.3 is 11.8 Å². The second-order valence-electron chi connectivity index (χ2n) is 6.48. The highest BCUT2D eigenvalue weighted by Crippen LogP contribution is 2.26. The molecule has 2 fully saturated rings. The molecule has 0 spiro atoms. The van der Waals surface area contributed by atoms with Crippen molar-refractivity contribution < 1.29 is 9.59 Å². The zero-order valence-corrected chi connectivity index (χ0v) is 14.2. The number of nitrogens with zero attached hydrogens (tertiary/aromatic N) is 1. The van der Waals surface area contributed by atoms with E-state index < -0.39 is 11.8 Å². The lowest BCUT2D eigenvalue weighted by atomic mass is 10.1. The molecule has 6 heteroatoms. The Morgan fingerprint density at radius 2 is 1.91 bits per heavy atom. The average molecular weight is 335 g/mol. The van der Waals surface area contributed by atoms with Gasteiger partial charge in [-0.05, 0) is 61.2 Å². The fourth-order valence-electron chi connectivity index (χ4n) is 3.57. The first-order valence-electron chi connectivity index (χ1n) is 8.59. The Balaban J connectivity index is 1.53. The molecule has 1 aromatic rings. The molecule has 23 heavy (non-hydrogen) atoms. The largest absolute Gasteiger partial charge is 0.346 e. The molecular formula is C17H25N3O2S. The SMILES string of the molecule is O=C(NC[C@@H](c1ccsc1)N1CCCC1)C(=O)NC1CCCC1. The van der Waals surface area contributed by atoms with Gasteiger partial charge in [-0.1, -0.05) is 12.8 Å². The Morgan fingerprint density at radius 1 is 1.17 bits per heavy atom. The molecular weight excluding hydrogens is 310 g/mol. The summed E-state index contributed by atoms with van der Waals surface area (Å²) in [5, 5.41) is 9.87. The van der Waals surface area contributed by atoms with Crippen molar-refractivity contribution in [1.82, 2.24) is 15.5 Å². The Bertz CT molecular complexity index is 520. The topological polar surface area (TPSA) is 61.4 Å². The second-order valence-corrected chi connectivity index (χ2v) is 7.26. The maximum atomic E-state index is 12.1. The van der Waals surface area contributed by atoms with Crippen molar-refractivity contribution >= 4 is 23.2 Å². The Morgan fingerprint density at radius 3 is 2.57 bits per heavy atom. The normalized spacial score (nSPS) is 20.5. The van der Waals surface area contributed by atoms with Gasteiger partial charge in [0.05, 0.1) is 6.04 Å². The first-order chi connectivity index (χ1) is 11.2. The minimum Gasteiger partial charge on any atom is -0.346 e. The number of amides is 2. The number of carbonyl (C=O) groups excluding carboxylic acids is 2. The first-order valence-corrected chi connectivity index (χ1v) is 9.53. The van der Waals surface area contributed by atoms with E-state index in [-0.39, 0.29) is 12.1 Å². The molecule has 3 rings (SSSR count). The van der Waals surface area contributed by atoms with Crippen LogP contribution in [-0.4, -0.2) is 42.4 Å². The highest BCUT2D eigenvalue weighted by atomic mass is 32.1. The van der Waals surface area contributed by atoms with Crippen LogP contribution in [0.2, 0.25) is 0 Å². The van der Waals surface area contributed by atoms with Crippen molar-refractivity contribution in [3.8, 4) is 0 Å². The van der Waals surface area contributed by atoms with Gasteiger partial charge in [0.2, 0.25) is 0 Å².